The van der Waals surface area contributed by atoms with Crippen molar-refractivity contribution in [2.45, 2.75) is 33.2 Å². The standard InChI is InChI=1S/C15H24N2/c1-13-5-6-15(14(2)11-13)12-16-7-10-17-8-3-4-9-17/h5-6,11,16H,3-4,7-10,12H2,1-2H3. The van der Waals surface area contributed by atoms with E-state index in [0.29, 0.717) is 0 Å². The molecule has 0 amide bonds. The van der Waals surface area contributed by atoms with Crippen LogP contribution in [0.2, 0.25) is 0 Å². The third-order valence-electron chi connectivity index (χ3n) is 3.62. The van der Waals surface area contributed by atoms with Crippen LogP contribution >= 0.6 is 0 Å². The average molecular weight is 232 g/mol. The van der Waals surface area contributed by atoms with Crippen LogP contribution in [-0.4, -0.2) is 31.1 Å². The predicted molar refractivity (Wildman–Crippen MR) is 73.3 cm³/mol. The number of hydrogen-bond donors (Lipinski definition) is 1. The number of hydrogen-bond acceptors (Lipinski definition) is 2. The largest absolute Gasteiger partial charge is 0.311 e. The van der Waals surface area contributed by atoms with Gasteiger partial charge in [0.25, 0.3) is 0 Å². The highest BCUT2D eigenvalue weighted by atomic mass is 15.1. The van der Waals surface area contributed by atoms with Crippen molar-refractivity contribution in [2.75, 3.05) is 26.2 Å². The summed E-state index contributed by atoms with van der Waals surface area (Å²) in [7, 11) is 0. The van der Waals surface area contributed by atoms with E-state index < -0.39 is 0 Å². The molecule has 0 bridgehead atoms. The smallest absolute Gasteiger partial charge is 0.0208 e. The van der Waals surface area contributed by atoms with E-state index in [-0.39, 0.29) is 0 Å². The van der Waals surface area contributed by atoms with Gasteiger partial charge < -0.3 is 10.2 Å². The maximum atomic E-state index is 3.55. The van der Waals surface area contributed by atoms with Crippen LogP contribution in [0.25, 0.3) is 0 Å². The third kappa shape index (κ3) is 3.83. The lowest BCUT2D eigenvalue weighted by atomic mass is 10.1. The Morgan fingerprint density at radius 1 is 1.18 bits per heavy atom. The third-order valence-corrected chi connectivity index (χ3v) is 3.62. The van der Waals surface area contributed by atoms with Gasteiger partial charge in [0.05, 0.1) is 0 Å². The minimum atomic E-state index is 1.000. The van der Waals surface area contributed by atoms with E-state index in [1.165, 1.54) is 49.2 Å². The summed E-state index contributed by atoms with van der Waals surface area (Å²) in [5.41, 5.74) is 4.18. The molecule has 1 aromatic carbocycles. The van der Waals surface area contributed by atoms with E-state index in [1.807, 2.05) is 0 Å². The van der Waals surface area contributed by atoms with Gasteiger partial charge in [0.15, 0.2) is 0 Å². The van der Waals surface area contributed by atoms with E-state index in [0.717, 1.165) is 13.1 Å². The summed E-state index contributed by atoms with van der Waals surface area (Å²) in [6.07, 6.45) is 2.77. The zero-order valence-electron chi connectivity index (χ0n) is 11.1. The van der Waals surface area contributed by atoms with Crippen LogP contribution in [0.15, 0.2) is 18.2 Å². The molecule has 0 aromatic heterocycles. The maximum absolute atomic E-state index is 3.55. The van der Waals surface area contributed by atoms with Crippen LogP contribution in [0.5, 0.6) is 0 Å². The van der Waals surface area contributed by atoms with Gasteiger partial charge in [0, 0.05) is 19.6 Å². The number of rotatable bonds is 5. The minimum absolute atomic E-state index is 1.000. The van der Waals surface area contributed by atoms with Gasteiger partial charge in [-0.25, -0.2) is 0 Å². The molecule has 0 unspecified atom stereocenters. The molecule has 0 atom stereocenters. The number of nitrogens with zero attached hydrogens (tertiary/aromatic N) is 1. The number of benzene rings is 1. The molecule has 2 nitrogen and oxygen atoms in total. The van der Waals surface area contributed by atoms with Gasteiger partial charge in [-0.05, 0) is 50.9 Å². The lowest BCUT2D eigenvalue weighted by Gasteiger charge is -2.15. The Kier molecular flexibility index (Phi) is 4.57. The lowest BCUT2D eigenvalue weighted by molar-refractivity contribution is 0.335. The van der Waals surface area contributed by atoms with Crippen molar-refractivity contribution in [1.82, 2.24) is 10.2 Å². The van der Waals surface area contributed by atoms with Gasteiger partial charge in [-0.1, -0.05) is 23.8 Å². The fourth-order valence-electron chi connectivity index (χ4n) is 2.51. The van der Waals surface area contributed by atoms with E-state index >= 15 is 0 Å². The molecule has 1 aliphatic rings. The summed E-state index contributed by atoms with van der Waals surface area (Å²) in [4.78, 5) is 2.55. The van der Waals surface area contributed by atoms with Crippen molar-refractivity contribution in [1.29, 1.82) is 0 Å². The van der Waals surface area contributed by atoms with Crippen molar-refractivity contribution in [3.05, 3.63) is 34.9 Å². The molecule has 0 aliphatic carbocycles. The van der Waals surface area contributed by atoms with Crippen molar-refractivity contribution in [2.24, 2.45) is 0 Å². The molecule has 1 aliphatic heterocycles. The van der Waals surface area contributed by atoms with E-state index in [2.05, 4.69) is 42.3 Å². The molecule has 0 spiro atoms. The van der Waals surface area contributed by atoms with E-state index in [1.54, 1.807) is 0 Å². The van der Waals surface area contributed by atoms with Crippen molar-refractivity contribution >= 4 is 0 Å². The highest BCUT2D eigenvalue weighted by Gasteiger charge is 2.09. The van der Waals surface area contributed by atoms with Crippen molar-refractivity contribution in [3.8, 4) is 0 Å². The van der Waals surface area contributed by atoms with Gasteiger partial charge in [0.2, 0.25) is 0 Å². The maximum Gasteiger partial charge on any atom is 0.0208 e. The zero-order chi connectivity index (χ0) is 12.1. The van der Waals surface area contributed by atoms with Crippen LogP contribution in [-0.2, 0) is 6.54 Å². The Balaban J connectivity index is 1.70. The summed E-state index contributed by atoms with van der Waals surface area (Å²) in [5.74, 6) is 0. The molecule has 1 saturated heterocycles. The number of nitrogens with one attached hydrogen (secondary N) is 1. The SMILES string of the molecule is Cc1ccc(CNCCN2CCCC2)c(C)c1. The Morgan fingerprint density at radius 3 is 2.65 bits per heavy atom. The Morgan fingerprint density at radius 2 is 1.94 bits per heavy atom. The summed E-state index contributed by atoms with van der Waals surface area (Å²) in [6.45, 7) is 10.2. The summed E-state index contributed by atoms with van der Waals surface area (Å²) in [6, 6.07) is 6.70. The van der Waals surface area contributed by atoms with E-state index in [9.17, 15) is 0 Å². The normalized spacial score (nSPS) is 16.6. The molecule has 1 N–H and O–H groups in total. The van der Waals surface area contributed by atoms with Crippen molar-refractivity contribution in [3.63, 3.8) is 0 Å². The van der Waals surface area contributed by atoms with Gasteiger partial charge in [-0.2, -0.15) is 0 Å². The molecule has 2 heteroatoms. The van der Waals surface area contributed by atoms with Gasteiger partial charge in [0.1, 0.15) is 0 Å². The van der Waals surface area contributed by atoms with Crippen molar-refractivity contribution < 1.29 is 0 Å². The first-order chi connectivity index (χ1) is 8.25. The van der Waals surface area contributed by atoms with Crippen LogP contribution < -0.4 is 5.32 Å². The quantitative estimate of drug-likeness (QED) is 0.785. The Bertz CT molecular complexity index is 354. The lowest BCUT2D eigenvalue weighted by Crippen LogP contribution is -2.29. The van der Waals surface area contributed by atoms with E-state index in [4.69, 9.17) is 0 Å². The highest BCUT2D eigenvalue weighted by Crippen LogP contribution is 2.10. The molecule has 1 heterocycles. The molecular formula is C15H24N2. The van der Waals surface area contributed by atoms with Gasteiger partial charge >= 0.3 is 0 Å². The second kappa shape index (κ2) is 6.18. The second-order valence-corrected chi connectivity index (χ2v) is 5.16. The molecule has 0 saturated carbocycles. The Hall–Kier alpha value is -0.860. The summed E-state index contributed by atoms with van der Waals surface area (Å²) in [5, 5.41) is 3.55. The fraction of sp³-hybridized carbons (Fsp3) is 0.600. The molecule has 17 heavy (non-hydrogen) atoms. The average Bonchev–Trinajstić information content (AvgIpc) is 2.79. The molecule has 1 aromatic rings. The first-order valence-corrected chi connectivity index (χ1v) is 6.75. The topological polar surface area (TPSA) is 15.3 Å². The predicted octanol–water partition coefficient (Wildman–Crippen LogP) is 2.49. The number of aryl methyl sites for hydroxylation is 2. The second-order valence-electron chi connectivity index (χ2n) is 5.16. The number of likely N-dealkylation sites (tertiary alicyclic amines) is 1. The van der Waals surface area contributed by atoms with Crippen LogP contribution in [0, 0.1) is 13.8 Å². The van der Waals surface area contributed by atoms with Crippen LogP contribution in [0.4, 0.5) is 0 Å². The molecular weight excluding hydrogens is 208 g/mol. The van der Waals surface area contributed by atoms with Gasteiger partial charge in [-0.15, -0.1) is 0 Å². The highest BCUT2D eigenvalue weighted by molar-refractivity contribution is 5.30. The molecule has 94 valence electrons. The van der Waals surface area contributed by atoms with Crippen LogP contribution in [0.1, 0.15) is 29.5 Å². The van der Waals surface area contributed by atoms with Crippen LogP contribution in [0.3, 0.4) is 0 Å². The first kappa shape index (κ1) is 12.6. The fourth-order valence-corrected chi connectivity index (χ4v) is 2.51. The molecule has 0 radical (unpaired) electrons. The monoisotopic (exact) mass is 232 g/mol. The molecule has 1 fully saturated rings. The summed E-state index contributed by atoms with van der Waals surface area (Å²) >= 11 is 0. The minimum Gasteiger partial charge on any atom is -0.311 e. The van der Waals surface area contributed by atoms with Gasteiger partial charge in [-0.3, -0.25) is 0 Å². The zero-order valence-corrected chi connectivity index (χ0v) is 11.1. The first-order valence-electron chi connectivity index (χ1n) is 6.75. The molecule has 2 rings (SSSR count). The summed E-state index contributed by atoms with van der Waals surface area (Å²) < 4.78 is 0. The Labute approximate surface area is 105 Å².